The van der Waals surface area contributed by atoms with Gasteiger partial charge in [-0.15, -0.1) is 12.4 Å². The third kappa shape index (κ3) is 4.83. The predicted octanol–water partition coefficient (Wildman–Crippen LogP) is 2.98. The molecule has 0 saturated carbocycles. The molecule has 8 heteroatoms. The average molecular weight is 435 g/mol. The number of aromatic amines is 1. The van der Waals surface area contributed by atoms with E-state index >= 15 is 0 Å². The number of nitrogens with zero attached hydrogens (tertiary/aromatic N) is 3. The fraction of sp³-hybridized carbons (Fsp3) is 0.333. The zero-order valence-electron chi connectivity index (χ0n) is 16.0. The molecule has 1 saturated heterocycles. The van der Waals surface area contributed by atoms with Gasteiger partial charge >= 0.3 is 5.69 Å². The highest BCUT2D eigenvalue weighted by molar-refractivity contribution is 6.30. The predicted molar refractivity (Wildman–Crippen MR) is 121 cm³/mol. The van der Waals surface area contributed by atoms with E-state index in [0.717, 1.165) is 49.9 Å². The van der Waals surface area contributed by atoms with Gasteiger partial charge in [-0.1, -0.05) is 29.8 Å². The Hall–Kier alpha value is -2.28. The number of nitrogens with one attached hydrogen (secondary N) is 1. The molecule has 1 aliphatic rings. The van der Waals surface area contributed by atoms with Crippen molar-refractivity contribution in [2.45, 2.75) is 13.0 Å². The van der Waals surface area contributed by atoms with E-state index < -0.39 is 0 Å². The van der Waals surface area contributed by atoms with Gasteiger partial charge in [0, 0.05) is 43.4 Å². The summed E-state index contributed by atoms with van der Waals surface area (Å²) >= 11 is 6.09. The summed E-state index contributed by atoms with van der Waals surface area (Å²) in [6, 6.07) is 15.1. The summed E-state index contributed by atoms with van der Waals surface area (Å²) in [5, 5.41) is 1.31. The number of fused-ring (bicyclic) bond motifs is 1. The third-order valence-corrected chi connectivity index (χ3v) is 5.53. The Morgan fingerprint density at radius 1 is 0.931 bits per heavy atom. The number of para-hydroxylation sites is 1. The number of hydrogen-bond donors (Lipinski definition) is 1. The Balaban J connectivity index is 0.00000240. The highest BCUT2D eigenvalue weighted by Gasteiger charge is 2.17. The molecule has 0 bridgehead atoms. The number of benzene rings is 2. The first-order chi connectivity index (χ1) is 13.6. The molecule has 0 unspecified atom stereocenters. The van der Waals surface area contributed by atoms with Crippen molar-refractivity contribution in [3.8, 4) is 0 Å². The monoisotopic (exact) mass is 434 g/mol. The summed E-state index contributed by atoms with van der Waals surface area (Å²) < 4.78 is 1.31. The minimum absolute atomic E-state index is 0. The second-order valence-electron chi connectivity index (χ2n) is 7.09. The SMILES string of the molecule is Cl.O=c1[nH]c2ccccc2c(=O)n1CCCN1CCN(c2cccc(Cl)c2)CC1. The fourth-order valence-electron chi connectivity index (χ4n) is 3.76. The van der Waals surface area contributed by atoms with Crippen LogP contribution in [0, 0.1) is 0 Å². The van der Waals surface area contributed by atoms with E-state index in [1.807, 2.05) is 30.3 Å². The van der Waals surface area contributed by atoms with Gasteiger partial charge in [-0.05, 0) is 43.3 Å². The van der Waals surface area contributed by atoms with Gasteiger partial charge in [0.2, 0.25) is 0 Å². The first-order valence-corrected chi connectivity index (χ1v) is 9.94. The molecule has 2 heterocycles. The van der Waals surface area contributed by atoms with Gasteiger partial charge in [0.05, 0.1) is 10.9 Å². The number of piperazine rings is 1. The lowest BCUT2D eigenvalue weighted by Crippen LogP contribution is -2.47. The molecule has 4 rings (SSSR count). The second-order valence-corrected chi connectivity index (χ2v) is 7.53. The van der Waals surface area contributed by atoms with Gasteiger partial charge < -0.3 is 9.88 Å². The number of anilines is 1. The highest BCUT2D eigenvalue weighted by Crippen LogP contribution is 2.20. The Morgan fingerprint density at radius 3 is 2.45 bits per heavy atom. The molecular weight excluding hydrogens is 411 g/mol. The Labute approximate surface area is 180 Å². The number of halogens is 2. The van der Waals surface area contributed by atoms with Gasteiger partial charge in [0.15, 0.2) is 0 Å². The van der Waals surface area contributed by atoms with Crippen LogP contribution in [0.4, 0.5) is 5.69 Å². The van der Waals surface area contributed by atoms with Gasteiger partial charge in [-0.3, -0.25) is 14.3 Å². The van der Waals surface area contributed by atoms with E-state index in [9.17, 15) is 9.59 Å². The van der Waals surface area contributed by atoms with Crippen molar-refractivity contribution in [1.82, 2.24) is 14.5 Å². The molecule has 0 amide bonds. The summed E-state index contributed by atoms with van der Waals surface area (Å²) in [7, 11) is 0. The fourth-order valence-corrected chi connectivity index (χ4v) is 3.94. The first-order valence-electron chi connectivity index (χ1n) is 9.56. The maximum Gasteiger partial charge on any atom is 0.328 e. The van der Waals surface area contributed by atoms with Crippen molar-refractivity contribution >= 4 is 40.6 Å². The Kier molecular flexibility index (Phi) is 7.00. The van der Waals surface area contributed by atoms with Crippen LogP contribution in [0.5, 0.6) is 0 Å². The molecule has 0 radical (unpaired) electrons. The number of hydrogen-bond acceptors (Lipinski definition) is 4. The summed E-state index contributed by atoms with van der Waals surface area (Å²) in [6.45, 7) is 5.08. The molecule has 0 spiro atoms. The molecule has 3 aromatic rings. The van der Waals surface area contributed by atoms with Crippen LogP contribution in [0.3, 0.4) is 0 Å². The van der Waals surface area contributed by atoms with E-state index in [0.29, 0.717) is 17.4 Å². The molecule has 1 aromatic heterocycles. The highest BCUT2D eigenvalue weighted by atomic mass is 35.5. The van der Waals surface area contributed by atoms with Gasteiger partial charge in [0.25, 0.3) is 5.56 Å². The van der Waals surface area contributed by atoms with Crippen LogP contribution in [0.15, 0.2) is 58.1 Å². The van der Waals surface area contributed by atoms with Gasteiger partial charge in [0.1, 0.15) is 0 Å². The van der Waals surface area contributed by atoms with Crippen molar-refractivity contribution in [2.75, 3.05) is 37.6 Å². The number of rotatable bonds is 5. The lowest BCUT2D eigenvalue weighted by Gasteiger charge is -2.36. The Morgan fingerprint density at radius 2 is 1.69 bits per heavy atom. The molecule has 1 N–H and O–H groups in total. The van der Waals surface area contributed by atoms with Crippen molar-refractivity contribution in [3.63, 3.8) is 0 Å². The molecule has 1 aliphatic heterocycles. The molecule has 29 heavy (non-hydrogen) atoms. The normalized spacial score (nSPS) is 14.7. The van der Waals surface area contributed by atoms with E-state index in [2.05, 4.69) is 20.9 Å². The van der Waals surface area contributed by atoms with Crippen molar-refractivity contribution in [2.24, 2.45) is 0 Å². The molecular formula is C21H24Cl2N4O2. The van der Waals surface area contributed by atoms with Crippen LogP contribution < -0.4 is 16.1 Å². The number of H-pyrrole nitrogens is 1. The summed E-state index contributed by atoms with van der Waals surface area (Å²) in [6.07, 6.45) is 0.762. The summed E-state index contributed by atoms with van der Waals surface area (Å²) in [4.78, 5) is 32.3. The lowest BCUT2D eigenvalue weighted by molar-refractivity contribution is 0.249. The van der Waals surface area contributed by atoms with E-state index in [1.165, 1.54) is 4.57 Å². The van der Waals surface area contributed by atoms with Crippen molar-refractivity contribution in [1.29, 1.82) is 0 Å². The zero-order valence-corrected chi connectivity index (χ0v) is 17.6. The molecule has 2 aromatic carbocycles. The topological polar surface area (TPSA) is 61.3 Å². The standard InChI is InChI=1S/C21H23ClN4O2.ClH/c22-16-5-3-6-17(15-16)25-13-11-24(12-14-25)9-4-10-26-20(27)18-7-1-2-8-19(18)23-21(26)28;/h1-3,5-8,15H,4,9-14H2,(H,23,28);1H. The van der Waals surface area contributed by atoms with Crippen molar-refractivity contribution < 1.29 is 0 Å². The lowest BCUT2D eigenvalue weighted by atomic mass is 10.2. The van der Waals surface area contributed by atoms with Crippen LogP contribution in [0.2, 0.25) is 5.02 Å². The van der Waals surface area contributed by atoms with Gasteiger partial charge in [-0.25, -0.2) is 4.79 Å². The van der Waals surface area contributed by atoms with Crippen LogP contribution in [-0.2, 0) is 6.54 Å². The van der Waals surface area contributed by atoms with Gasteiger partial charge in [-0.2, -0.15) is 0 Å². The summed E-state index contributed by atoms with van der Waals surface area (Å²) in [5.74, 6) is 0. The van der Waals surface area contributed by atoms with E-state index in [4.69, 9.17) is 11.6 Å². The molecule has 154 valence electrons. The second kappa shape index (κ2) is 9.48. The molecule has 1 fully saturated rings. The van der Waals surface area contributed by atoms with E-state index in [1.54, 1.807) is 12.1 Å². The van der Waals surface area contributed by atoms with E-state index in [-0.39, 0.29) is 23.7 Å². The average Bonchev–Trinajstić information content (AvgIpc) is 2.71. The van der Waals surface area contributed by atoms with Crippen LogP contribution in [0.25, 0.3) is 10.9 Å². The first kappa shape index (κ1) is 21.4. The smallest absolute Gasteiger partial charge is 0.328 e. The van der Waals surface area contributed by atoms with Crippen LogP contribution in [-0.4, -0.2) is 47.2 Å². The largest absolute Gasteiger partial charge is 0.369 e. The minimum atomic E-state index is -0.338. The molecule has 6 nitrogen and oxygen atoms in total. The quantitative estimate of drug-likeness (QED) is 0.670. The van der Waals surface area contributed by atoms with Crippen LogP contribution >= 0.6 is 24.0 Å². The van der Waals surface area contributed by atoms with Crippen LogP contribution in [0.1, 0.15) is 6.42 Å². The zero-order chi connectivity index (χ0) is 19.5. The molecule has 0 aliphatic carbocycles. The minimum Gasteiger partial charge on any atom is -0.369 e. The third-order valence-electron chi connectivity index (χ3n) is 5.29. The Bertz CT molecular complexity index is 1090. The maximum atomic E-state index is 12.6. The van der Waals surface area contributed by atoms with Crippen molar-refractivity contribution in [3.05, 3.63) is 74.4 Å². The number of aromatic nitrogens is 2. The molecule has 0 atom stereocenters. The summed E-state index contributed by atoms with van der Waals surface area (Å²) in [5.41, 5.74) is 1.19. The maximum absolute atomic E-state index is 12.6.